The predicted molar refractivity (Wildman–Crippen MR) is 121 cm³/mol. The smallest absolute Gasteiger partial charge is 0.0544 e. The lowest BCUT2D eigenvalue weighted by molar-refractivity contribution is 0.324. The zero-order valence-electron chi connectivity index (χ0n) is 17.2. The molecule has 0 saturated carbocycles. The Morgan fingerprint density at radius 3 is 2.66 bits per heavy atom. The molecule has 0 spiro atoms. The minimum atomic E-state index is 0.0687. The standard InChI is InChI=1S/C26H29N3/c1-3-8-21-11-13-22(14-12-21)26(2)17-23(26)18-29(19-24-9-4-6-15-27-24)20-25-10-5-7-16-28-25/h3-6,9-15,17H,1,7-8,16,18-20H2,2H3. The third-order valence-electron chi connectivity index (χ3n) is 5.79. The highest BCUT2D eigenvalue weighted by Gasteiger charge is 2.41. The summed E-state index contributed by atoms with van der Waals surface area (Å²) >= 11 is 0. The number of aliphatic imine (C=N–C) groups is 1. The van der Waals surface area contributed by atoms with Crippen LogP contribution in [0, 0.1) is 0 Å². The molecule has 0 saturated heterocycles. The number of hydrogen-bond acceptors (Lipinski definition) is 3. The van der Waals surface area contributed by atoms with Crippen LogP contribution < -0.4 is 0 Å². The highest BCUT2D eigenvalue weighted by Crippen LogP contribution is 2.46. The van der Waals surface area contributed by atoms with Crippen molar-refractivity contribution in [1.82, 2.24) is 9.88 Å². The zero-order chi connectivity index (χ0) is 20.1. The number of dihydropyridines is 1. The molecule has 0 fully saturated rings. The van der Waals surface area contributed by atoms with E-state index in [1.165, 1.54) is 22.4 Å². The third kappa shape index (κ3) is 4.80. The molecule has 0 N–H and O–H groups in total. The van der Waals surface area contributed by atoms with E-state index in [0.717, 1.165) is 44.7 Å². The first-order valence-electron chi connectivity index (χ1n) is 10.4. The van der Waals surface area contributed by atoms with Gasteiger partial charge in [0.15, 0.2) is 0 Å². The number of rotatable bonds is 9. The molecule has 1 aliphatic heterocycles. The van der Waals surface area contributed by atoms with Gasteiger partial charge in [-0.25, -0.2) is 0 Å². The van der Waals surface area contributed by atoms with E-state index in [2.05, 4.69) is 78.0 Å². The molecule has 2 aliphatic rings. The molecule has 2 aromatic rings. The highest BCUT2D eigenvalue weighted by atomic mass is 15.1. The number of hydrogen-bond donors (Lipinski definition) is 0. The topological polar surface area (TPSA) is 28.5 Å². The van der Waals surface area contributed by atoms with Crippen molar-refractivity contribution in [2.45, 2.75) is 31.7 Å². The Labute approximate surface area is 174 Å². The van der Waals surface area contributed by atoms with Crippen molar-refractivity contribution in [1.29, 1.82) is 0 Å². The fraction of sp³-hybridized carbons (Fsp3) is 0.308. The maximum absolute atomic E-state index is 4.70. The molecule has 1 atom stereocenters. The first-order chi connectivity index (χ1) is 14.2. The lowest BCUT2D eigenvalue weighted by Gasteiger charge is -2.24. The van der Waals surface area contributed by atoms with E-state index >= 15 is 0 Å². The SMILES string of the molecule is C=CCc1ccc(C2(C)C=C2CN(CC2=NCCC=C2)Cc2ccccn2)cc1. The van der Waals surface area contributed by atoms with E-state index in [1.54, 1.807) is 0 Å². The Hall–Kier alpha value is -2.78. The molecule has 1 aromatic carbocycles. The molecule has 0 amide bonds. The highest BCUT2D eigenvalue weighted by molar-refractivity contribution is 5.97. The van der Waals surface area contributed by atoms with Crippen molar-refractivity contribution in [2.75, 3.05) is 19.6 Å². The average molecular weight is 384 g/mol. The molecule has 148 valence electrons. The van der Waals surface area contributed by atoms with Crippen molar-refractivity contribution < 1.29 is 0 Å². The van der Waals surface area contributed by atoms with Crippen LogP contribution in [-0.4, -0.2) is 35.2 Å². The second-order valence-corrected chi connectivity index (χ2v) is 8.09. The van der Waals surface area contributed by atoms with Gasteiger partial charge >= 0.3 is 0 Å². The molecular formula is C26H29N3. The van der Waals surface area contributed by atoms with Crippen LogP contribution in [0.25, 0.3) is 0 Å². The van der Waals surface area contributed by atoms with Gasteiger partial charge in [0.05, 0.1) is 5.69 Å². The van der Waals surface area contributed by atoms with Gasteiger partial charge in [0.2, 0.25) is 0 Å². The Morgan fingerprint density at radius 2 is 1.97 bits per heavy atom. The summed E-state index contributed by atoms with van der Waals surface area (Å²) in [6.07, 6.45) is 12.6. The summed E-state index contributed by atoms with van der Waals surface area (Å²) in [6.45, 7) is 9.69. The monoisotopic (exact) mass is 383 g/mol. The second-order valence-electron chi connectivity index (χ2n) is 8.09. The minimum Gasteiger partial charge on any atom is -0.288 e. The van der Waals surface area contributed by atoms with Crippen molar-refractivity contribution in [2.24, 2.45) is 4.99 Å². The van der Waals surface area contributed by atoms with Crippen molar-refractivity contribution in [3.63, 3.8) is 0 Å². The lowest BCUT2D eigenvalue weighted by Crippen LogP contribution is -2.32. The molecule has 1 aromatic heterocycles. The normalized spacial score (nSPS) is 20.3. The van der Waals surface area contributed by atoms with Crippen molar-refractivity contribution >= 4 is 5.71 Å². The summed E-state index contributed by atoms with van der Waals surface area (Å²) in [5, 5.41) is 0. The molecule has 3 heteroatoms. The van der Waals surface area contributed by atoms with Crippen LogP contribution in [-0.2, 0) is 18.4 Å². The van der Waals surface area contributed by atoms with Crippen LogP contribution in [0.1, 0.15) is 30.2 Å². The average Bonchev–Trinajstić information content (AvgIpc) is 3.40. The molecule has 29 heavy (non-hydrogen) atoms. The number of aromatic nitrogens is 1. The van der Waals surface area contributed by atoms with Crippen LogP contribution in [0.3, 0.4) is 0 Å². The van der Waals surface area contributed by atoms with Crippen LogP contribution in [0.2, 0.25) is 0 Å². The molecule has 0 radical (unpaired) electrons. The maximum Gasteiger partial charge on any atom is 0.0544 e. The fourth-order valence-electron chi connectivity index (χ4n) is 3.96. The van der Waals surface area contributed by atoms with Crippen LogP contribution in [0.5, 0.6) is 0 Å². The summed E-state index contributed by atoms with van der Waals surface area (Å²) in [5.41, 5.74) is 6.50. The van der Waals surface area contributed by atoms with Crippen LogP contribution >= 0.6 is 0 Å². The Bertz CT molecular complexity index is 938. The minimum absolute atomic E-state index is 0.0687. The van der Waals surface area contributed by atoms with E-state index in [0.29, 0.717) is 0 Å². The number of pyridine rings is 1. The van der Waals surface area contributed by atoms with E-state index in [4.69, 9.17) is 4.99 Å². The zero-order valence-corrected chi connectivity index (χ0v) is 17.2. The lowest BCUT2D eigenvalue weighted by atomic mass is 9.91. The van der Waals surface area contributed by atoms with Gasteiger partial charge < -0.3 is 0 Å². The van der Waals surface area contributed by atoms with E-state index in [-0.39, 0.29) is 5.41 Å². The third-order valence-corrected chi connectivity index (χ3v) is 5.79. The number of nitrogens with zero attached hydrogens (tertiary/aromatic N) is 3. The van der Waals surface area contributed by atoms with E-state index < -0.39 is 0 Å². The van der Waals surface area contributed by atoms with Crippen LogP contribution in [0.4, 0.5) is 0 Å². The summed E-state index contributed by atoms with van der Waals surface area (Å²) in [5.74, 6) is 0. The first-order valence-corrected chi connectivity index (χ1v) is 10.4. The van der Waals surface area contributed by atoms with Gasteiger partial charge in [0, 0.05) is 43.5 Å². The molecule has 4 rings (SSSR count). The largest absolute Gasteiger partial charge is 0.288 e. The van der Waals surface area contributed by atoms with Crippen molar-refractivity contribution in [3.8, 4) is 0 Å². The quantitative estimate of drug-likeness (QED) is 0.576. The van der Waals surface area contributed by atoms with Gasteiger partial charge in [-0.05, 0) is 54.7 Å². The molecule has 1 aliphatic carbocycles. The van der Waals surface area contributed by atoms with Gasteiger partial charge in [-0.3, -0.25) is 14.9 Å². The van der Waals surface area contributed by atoms with E-state index in [1.807, 2.05) is 18.3 Å². The van der Waals surface area contributed by atoms with E-state index in [9.17, 15) is 0 Å². The number of benzene rings is 1. The number of allylic oxidation sites excluding steroid dienone is 2. The summed E-state index contributed by atoms with van der Waals surface area (Å²) < 4.78 is 0. The Balaban J connectivity index is 1.45. The molecule has 0 bridgehead atoms. The molecule has 1 unspecified atom stereocenters. The predicted octanol–water partition coefficient (Wildman–Crippen LogP) is 4.91. The Morgan fingerprint density at radius 1 is 1.10 bits per heavy atom. The second kappa shape index (κ2) is 8.71. The van der Waals surface area contributed by atoms with Gasteiger partial charge in [0.25, 0.3) is 0 Å². The van der Waals surface area contributed by atoms with Gasteiger partial charge in [-0.2, -0.15) is 0 Å². The summed E-state index contributed by atoms with van der Waals surface area (Å²) in [6, 6.07) is 15.1. The van der Waals surface area contributed by atoms with Crippen LogP contribution in [0.15, 0.2) is 90.1 Å². The van der Waals surface area contributed by atoms with Gasteiger partial charge in [-0.1, -0.05) is 48.6 Å². The summed E-state index contributed by atoms with van der Waals surface area (Å²) in [7, 11) is 0. The molecule has 2 heterocycles. The Kier molecular flexibility index (Phi) is 5.86. The molecular weight excluding hydrogens is 354 g/mol. The van der Waals surface area contributed by atoms with Crippen molar-refractivity contribution in [3.05, 3.63) is 102 Å². The molecule has 3 nitrogen and oxygen atoms in total. The van der Waals surface area contributed by atoms with Gasteiger partial charge in [0.1, 0.15) is 0 Å². The van der Waals surface area contributed by atoms with Gasteiger partial charge in [-0.15, -0.1) is 6.58 Å². The summed E-state index contributed by atoms with van der Waals surface area (Å²) in [4.78, 5) is 11.7. The maximum atomic E-state index is 4.70. The fourth-order valence-corrected chi connectivity index (χ4v) is 3.96. The first kappa shape index (κ1) is 19.5.